The number of hydrogen-bond donors (Lipinski definition) is 0. The third-order valence-electron chi connectivity index (χ3n) is 2.64. The van der Waals surface area contributed by atoms with Crippen molar-refractivity contribution in [1.82, 2.24) is 9.78 Å². The highest BCUT2D eigenvalue weighted by Gasteiger charge is 2.13. The summed E-state index contributed by atoms with van der Waals surface area (Å²) >= 11 is 5.94. The second-order valence-corrected chi connectivity index (χ2v) is 4.51. The van der Waals surface area contributed by atoms with Gasteiger partial charge in [0, 0.05) is 22.7 Å². The number of halogens is 1. The van der Waals surface area contributed by atoms with Crippen LogP contribution in [-0.2, 0) is 0 Å². The van der Waals surface area contributed by atoms with E-state index >= 15 is 0 Å². The number of aromatic nitrogens is 2. The standard InChI is InChI=1S/C14H13ClN2O3/c1-3-20-13-6-7-14(19)17(16-13)12-8-10(15)4-5-11(12)9(2)18/h4-8H,3H2,1-2H3. The van der Waals surface area contributed by atoms with Crippen molar-refractivity contribution in [2.45, 2.75) is 13.8 Å². The molecule has 6 heteroatoms. The molecule has 0 amide bonds. The topological polar surface area (TPSA) is 61.2 Å². The van der Waals surface area contributed by atoms with Crippen molar-refractivity contribution < 1.29 is 9.53 Å². The second kappa shape index (κ2) is 5.88. The fourth-order valence-electron chi connectivity index (χ4n) is 1.77. The molecule has 5 nitrogen and oxygen atoms in total. The van der Waals surface area contributed by atoms with Crippen molar-refractivity contribution in [3.63, 3.8) is 0 Å². The van der Waals surface area contributed by atoms with E-state index in [-0.39, 0.29) is 11.3 Å². The normalized spacial score (nSPS) is 10.3. The van der Waals surface area contributed by atoms with Gasteiger partial charge in [0.1, 0.15) is 0 Å². The molecule has 104 valence electrons. The van der Waals surface area contributed by atoms with Gasteiger partial charge in [0.05, 0.1) is 12.3 Å². The van der Waals surface area contributed by atoms with Gasteiger partial charge in [-0.15, -0.1) is 5.10 Å². The van der Waals surface area contributed by atoms with E-state index in [4.69, 9.17) is 16.3 Å². The molecule has 1 aromatic heterocycles. The van der Waals surface area contributed by atoms with E-state index in [9.17, 15) is 9.59 Å². The zero-order chi connectivity index (χ0) is 14.7. The van der Waals surface area contributed by atoms with Crippen LogP contribution in [0.1, 0.15) is 24.2 Å². The van der Waals surface area contributed by atoms with Crippen LogP contribution >= 0.6 is 11.6 Å². The lowest BCUT2D eigenvalue weighted by Gasteiger charge is -2.10. The molecule has 0 bridgehead atoms. The van der Waals surface area contributed by atoms with Crippen LogP contribution in [-0.4, -0.2) is 22.2 Å². The van der Waals surface area contributed by atoms with Gasteiger partial charge in [-0.05, 0) is 32.0 Å². The molecule has 0 saturated heterocycles. The summed E-state index contributed by atoms with van der Waals surface area (Å²) in [6, 6.07) is 7.52. The highest BCUT2D eigenvalue weighted by Crippen LogP contribution is 2.19. The van der Waals surface area contributed by atoms with E-state index in [2.05, 4.69) is 5.10 Å². The number of carbonyl (C=O) groups is 1. The number of hydrogen-bond acceptors (Lipinski definition) is 4. The Labute approximate surface area is 120 Å². The van der Waals surface area contributed by atoms with Crippen LogP contribution in [0.2, 0.25) is 5.02 Å². The molecule has 0 aliphatic rings. The van der Waals surface area contributed by atoms with Gasteiger partial charge >= 0.3 is 0 Å². The largest absolute Gasteiger partial charge is 0.477 e. The Kier molecular flexibility index (Phi) is 4.20. The van der Waals surface area contributed by atoms with Gasteiger partial charge < -0.3 is 4.74 Å². The Hall–Kier alpha value is -2.14. The Morgan fingerprint density at radius 3 is 2.75 bits per heavy atom. The molecule has 0 atom stereocenters. The SMILES string of the molecule is CCOc1ccc(=O)n(-c2cc(Cl)ccc2C(C)=O)n1. The number of rotatable bonds is 4. The molecule has 0 fully saturated rings. The number of Topliss-reactive ketones (excluding diaryl/α,β-unsaturated/α-hetero) is 1. The van der Waals surface area contributed by atoms with Crippen molar-refractivity contribution >= 4 is 17.4 Å². The van der Waals surface area contributed by atoms with Gasteiger partial charge in [0.2, 0.25) is 5.88 Å². The molecule has 0 saturated carbocycles. The number of nitrogens with zero attached hydrogens (tertiary/aromatic N) is 2. The Morgan fingerprint density at radius 2 is 2.10 bits per heavy atom. The van der Waals surface area contributed by atoms with Gasteiger partial charge in [-0.25, -0.2) is 0 Å². The fraction of sp³-hybridized carbons (Fsp3) is 0.214. The number of ketones is 1. The minimum Gasteiger partial charge on any atom is -0.477 e. The first kappa shape index (κ1) is 14.3. The molecular formula is C14H13ClN2O3. The third-order valence-corrected chi connectivity index (χ3v) is 2.87. The summed E-state index contributed by atoms with van der Waals surface area (Å²) < 4.78 is 6.38. The van der Waals surface area contributed by atoms with E-state index in [1.165, 1.54) is 25.1 Å². The van der Waals surface area contributed by atoms with Crippen LogP contribution in [0.15, 0.2) is 35.1 Å². The highest BCUT2D eigenvalue weighted by atomic mass is 35.5. The van der Waals surface area contributed by atoms with Crippen molar-refractivity contribution in [3.05, 3.63) is 51.3 Å². The minimum atomic E-state index is -0.363. The summed E-state index contributed by atoms with van der Waals surface area (Å²) in [5.74, 6) is 0.133. The summed E-state index contributed by atoms with van der Waals surface area (Å²) in [7, 11) is 0. The molecule has 1 heterocycles. The van der Waals surface area contributed by atoms with Crippen molar-refractivity contribution in [2.24, 2.45) is 0 Å². The van der Waals surface area contributed by atoms with Crippen molar-refractivity contribution in [1.29, 1.82) is 0 Å². The van der Waals surface area contributed by atoms with Gasteiger partial charge in [-0.1, -0.05) is 11.6 Å². The molecule has 0 N–H and O–H groups in total. The maximum absolute atomic E-state index is 12.0. The molecular weight excluding hydrogens is 280 g/mol. The molecule has 2 rings (SSSR count). The summed E-state index contributed by atoms with van der Waals surface area (Å²) in [4.78, 5) is 23.6. The van der Waals surface area contributed by atoms with Crippen LogP contribution in [0, 0.1) is 0 Å². The smallest absolute Gasteiger partial charge is 0.271 e. The maximum Gasteiger partial charge on any atom is 0.271 e. The van der Waals surface area contributed by atoms with Crippen LogP contribution in [0.4, 0.5) is 0 Å². The summed E-state index contributed by atoms with van der Waals surface area (Å²) in [5.41, 5.74) is 0.354. The summed E-state index contributed by atoms with van der Waals surface area (Å²) in [6.45, 7) is 3.67. The van der Waals surface area contributed by atoms with Crippen LogP contribution in [0.25, 0.3) is 5.69 Å². The fourth-order valence-corrected chi connectivity index (χ4v) is 1.94. The second-order valence-electron chi connectivity index (χ2n) is 4.07. The lowest BCUT2D eigenvalue weighted by molar-refractivity contribution is 0.101. The number of carbonyl (C=O) groups excluding carboxylic acids is 1. The Balaban J connectivity index is 2.66. The first-order valence-electron chi connectivity index (χ1n) is 6.07. The monoisotopic (exact) mass is 292 g/mol. The number of benzene rings is 1. The Bertz CT molecular complexity index is 710. The molecule has 2 aromatic rings. The van der Waals surface area contributed by atoms with Gasteiger partial charge in [0.15, 0.2) is 5.78 Å². The molecule has 1 aromatic carbocycles. The number of ether oxygens (including phenoxy) is 1. The Morgan fingerprint density at radius 1 is 1.35 bits per heavy atom. The molecule has 0 spiro atoms. The lowest BCUT2D eigenvalue weighted by Crippen LogP contribution is -2.22. The zero-order valence-electron chi connectivity index (χ0n) is 11.1. The van der Waals surface area contributed by atoms with Crippen molar-refractivity contribution in [3.8, 4) is 11.6 Å². The average Bonchev–Trinajstić information content (AvgIpc) is 2.40. The first-order chi connectivity index (χ1) is 9.52. The van der Waals surface area contributed by atoms with E-state index in [1.54, 1.807) is 12.1 Å². The third kappa shape index (κ3) is 2.88. The predicted molar refractivity (Wildman–Crippen MR) is 76.0 cm³/mol. The van der Waals surface area contributed by atoms with E-state index in [0.717, 1.165) is 4.68 Å². The molecule has 0 radical (unpaired) electrons. The summed E-state index contributed by atoms with van der Waals surface area (Å²) in [6.07, 6.45) is 0. The lowest BCUT2D eigenvalue weighted by atomic mass is 10.1. The van der Waals surface area contributed by atoms with Gasteiger partial charge in [-0.3, -0.25) is 9.59 Å². The van der Waals surface area contributed by atoms with Gasteiger partial charge in [-0.2, -0.15) is 4.68 Å². The minimum absolute atomic E-state index is 0.174. The van der Waals surface area contributed by atoms with E-state index in [1.807, 2.05) is 6.92 Å². The van der Waals surface area contributed by atoms with E-state index in [0.29, 0.717) is 28.8 Å². The quantitative estimate of drug-likeness (QED) is 0.812. The molecule has 0 aliphatic heterocycles. The predicted octanol–water partition coefficient (Wildman–Crippen LogP) is 2.49. The van der Waals surface area contributed by atoms with Crippen LogP contribution in [0.3, 0.4) is 0 Å². The van der Waals surface area contributed by atoms with Crippen LogP contribution < -0.4 is 10.3 Å². The molecule has 20 heavy (non-hydrogen) atoms. The molecule has 0 aliphatic carbocycles. The molecule has 0 unspecified atom stereocenters. The summed E-state index contributed by atoms with van der Waals surface area (Å²) in [5, 5.41) is 4.50. The highest BCUT2D eigenvalue weighted by molar-refractivity contribution is 6.31. The zero-order valence-corrected chi connectivity index (χ0v) is 11.8. The average molecular weight is 293 g/mol. The maximum atomic E-state index is 12.0. The van der Waals surface area contributed by atoms with Crippen molar-refractivity contribution in [2.75, 3.05) is 6.61 Å². The van der Waals surface area contributed by atoms with E-state index < -0.39 is 0 Å². The van der Waals surface area contributed by atoms with Gasteiger partial charge in [0.25, 0.3) is 5.56 Å². The first-order valence-corrected chi connectivity index (χ1v) is 6.44. The van der Waals surface area contributed by atoms with Crippen LogP contribution in [0.5, 0.6) is 5.88 Å².